The van der Waals surface area contributed by atoms with Crippen molar-refractivity contribution in [3.8, 4) is 0 Å². The third-order valence-corrected chi connectivity index (χ3v) is 2.49. The lowest BCUT2D eigenvalue weighted by molar-refractivity contribution is -0.675. The predicted molar refractivity (Wildman–Crippen MR) is 46.7 cm³/mol. The van der Waals surface area contributed by atoms with Gasteiger partial charge in [-0.05, 0) is 19.3 Å². The number of aryl methyl sites for hydroxylation is 3. The molecule has 2 nitrogen and oxygen atoms in total. The number of hydrogen-bond acceptors (Lipinski definition) is 1. The van der Waals surface area contributed by atoms with E-state index in [2.05, 4.69) is 11.2 Å². The minimum absolute atomic E-state index is 1.18. The summed E-state index contributed by atoms with van der Waals surface area (Å²) >= 11 is 0. The zero-order valence-corrected chi connectivity index (χ0v) is 7.58. The molecule has 1 aliphatic rings. The van der Waals surface area contributed by atoms with Crippen LogP contribution >= 0.6 is 0 Å². The molecule has 0 radical (unpaired) electrons. The quantitative estimate of drug-likeness (QED) is 0.414. The van der Waals surface area contributed by atoms with Gasteiger partial charge >= 0.3 is 0 Å². The van der Waals surface area contributed by atoms with Gasteiger partial charge in [0.1, 0.15) is 0 Å². The van der Waals surface area contributed by atoms with Crippen molar-refractivity contribution in [1.29, 1.82) is 0 Å². The van der Waals surface area contributed by atoms with E-state index in [1.54, 1.807) is 0 Å². The summed E-state index contributed by atoms with van der Waals surface area (Å²) in [6, 6.07) is 0. The van der Waals surface area contributed by atoms with Gasteiger partial charge in [-0.1, -0.05) is 11.4 Å². The zero-order chi connectivity index (χ0) is 8.39. The molecule has 0 bridgehead atoms. The van der Waals surface area contributed by atoms with E-state index in [1.165, 1.54) is 43.4 Å². The van der Waals surface area contributed by atoms with E-state index in [1.807, 2.05) is 17.9 Å². The van der Waals surface area contributed by atoms with Gasteiger partial charge in [-0.15, -0.1) is 0 Å². The summed E-state index contributed by atoms with van der Waals surface area (Å²) in [4.78, 5) is 4.44. The maximum Gasteiger partial charge on any atom is 0.286 e. The van der Waals surface area contributed by atoms with Crippen LogP contribution in [0, 0.1) is 0 Å². The molecule has 0 amide bonds. The van der Waals surface area contributed by atoms with Crippen LogP contribution in [0.1, 0.15) is 30.5 Å². The van der Waals surface area contributed by atoms with E-state index < -0.39 is 0 Å². The second-order valence-electron chi connectivity index (χ2n) is 3.57. The predicted octanol–water partition coefficient (Wildman–Crippen LogP) is 1.18. The first-order valence-electron chi connectivity index (χ1n) is 4.69. The molecular weight excluding hydrogens is 148 g/mol. The average molecular weight is 163 g/mol. The number of aromatic nitrogens is 2. The van der Waals surface area contributed by atoms with Crippen molar-refractivity contribution in [2.45, 2.75) is 32.1 Å². The molecule has 1 aromatic heterocycles. The molecule has 0 saturated carbocycles. The molecule has 0 atom stereocenters. The average Bonchev–Trinajstić information content (AvgIpc) is 2.28. The zero-order valence-electron chi connectivity index (χ0n) is 7.58. The molecule has 0 unspecified atom stereocenters. The second kappa shape index (κ2) is 3.21. The van der Waals surface area contributed by atoms with E-state index in [9.17, 15) is 0 Å². The Labute approximate surface area is 73.3 Å². The molecular formula is C10H15N2+. The molecule has 64 valence electrons. The van der Waals surface area contributed by atoms with E-state index in [0.29, 0.717) is 0 Å². The van der Waals surface area contributed by atoms with Crippen LogP contribution in [0.2, 0.25) is 0 Å². The SMILES string of the molecule is C[n+]1cnc2c(c1)CCCCC2. The van der Waals surface area contributed by atoms with Gasteiger partial charge in [0.2, 0.25) is 0 Å². The van der Waals surface area contributed by atoms with Crippen LogP contribution < -0.4 is 4.57 Å². The highest BCUT2D eigenvalue weighted by atomic mass is 15.0. The van der Waals surface area contributed by atoms with Crippen molar-refractivity contribution in [3.05, 3.63) is 23.8 Å². The van der Waals surface area contributed by atoms with Crippen molar-refractivity contribution >= 4 is 0 Å². The third-order valence-electron chi connectivity index (χ3n) is 2.49. The fourth-order valence-corrected chi connectivity index (χ4v) is 1.82. The Hall–Kier alpha value is -0.920. The smallest absolute Gasteiger partial charge is 0.240 e. The van der Waals surface area contributed by atoms with Gasteiger partial charge in [0.05, 0.1) is 13.2 Å². The van der Waals surface area contributed by atoms with E-state index in [0.717, 1.165) is 0 Å². The summed E-state index contributed by atoms with van der Waals surface area (Å²) in [5.41, 5.74) is 2.78. The lowest BCUT2D eigenvalue weighted by atomic mass is 10.1. The molecule has 0 aromatic carbocycles. The van der Waals surface area contributed by atoms with Gasteiger partial charge < -0.3 is 0 Å². The Kier molecular flexibility index (Phi) is 2.07. The van der Waals surface area contributed by atoms with Crippen LogP contribution in [0.25, 0.3) is 0 Å². The van der Waals surface area contributed by atoms with Crippen molar-refractivity contribution < 1.29 is 4.57 Å². The number of nitrogens with zero attached hydrogens (tertiary/aromatic N) is 2. The Morgan fingerprint density at radius 3 is 3.00 bits per heavy atom. The lowest BCUT2D eigenvalue weighted by Crippen LogP contribution is -2.29. The molecule has 1 aliphatic carbocycles. The topological polar surface area (TPSA) is 16.8 Å². The van der Waals surface area contributed by atoms with Gasteiger partial charge in [0, 0.05) is 12.0 Å². The van der Waals surface area contributed by atoms with E-state index in [4.69, 9.17) is 0 Å². The molecule has 1 heterocycles. The Bertz CT molecular complexity index is 281. The molecule has 0 fully saturated rings. The first-order valence-corrected chi connectivity index (χ1v) is 4.69. The van der Waals surface area contributed by atoms with Crippen LogP contribution in [0.5, 0.6) is 0 Å². The lowest BCUT2D eigenvalue weighted by Gasteiger charge is -1.97. The summed E-state index contributed by atoms with van der Waals surface area (Å²) in [6.45, 7) is 0. The maximum atomic E-state index is 4.44. The van der Waals surface area contributed by atoms with Crippen LogP contribution in [0.3, 0.4) is 0 Å². The minimum Gasteiger partial charge on any atom is -0.240 e. The summed E-state index contributed by atoms with van der Waals surface area (Å²) in [7, 11) is 2.04. The first kappa shape index (κ1) is 7.71. The second-order valence-corrected chi connectivity index (χ2v) is 3.57. The van der Waals surface area contributed by atoms with Gasteiger partial charge in [0.25, 0.3) is 6.33 Å². The maximum absolute atomic E-state index is 4.44. The largest absolute Gasteiger partial charge is 0.286 e. The van der Waals surface area contributed by atoms with Gasteiger partial charge in [0.15, 0.2) is 5.69 Å². The summed E-state index contributed by atoms with van der Waals surface area (Å²) in [5, 5.41) is 0. The number of fused-ring (bicyclic) bond motifs is 1. The molecule has 0 spiro atoms. The van der Waals surface area contributed by atoms with Crippen molar-refractivity contribution in [2.24, 2.45) is 7.05 Å². The van der Waals surface area contributed by atoms with Crippen LogP contribution in [0.15, 0.2) is 12.5 Å². The van der Waals surface area contributed by atoms with Crippen LogP contribution in [-0.2, 0) is 19.9 Å². The van der Waals surface area contributed by atoms with Gasteiger partial charge in [-0.3, -0.25) is 0 Å². The highest BCUT2D eigenvalue weighted by molar-refractivity contribution is 5.15. The molecule has 0 aliphatic heterocycles. The Morgan fingerprint density at radius 2 is 2.08 bits per heavy atom. The monoisotopic (exact) mass is 163 g/mol. The van der Waals surface area contributed by atoms with Crippen molar-refractivity contribution in [2.75, 3.05) is 0 Å². The molecule has 12 heavy (non-hydrogen) atoms. The van der Waals surface area contributed by atoms with Crippen LogP contribution in [0.4, 0.5) is 0 Å². The Morgan fingerprint density at radius 1 is 1.25 bits per heavy atom. The summed E-state index contributed by atoms with van der Waals surface area (Å²) < 4.78 is 2.05. The number of hydrogen-bond donors (Lipinski definition) is 0. The van der Waals surface area contributed by atoms with E-state index >= 15 is 0 Å². The van der Waals surface area contributed by atoms with Crippen molar-refractivity contribution in [1.82, 2.24) is 4.98 Å². The van der Waals surface area contributed by atoms with E-state index in [-0.39, 0.29) is 0 Å². The van der Waals surface area contributed by atoms with Gasteiger partial charge in [-0.2, -0.15) is 0 Å². The fourth-order valence-electron chi connectivity index (χ4n) is 1.82. The minimum atomic E-state index is 1.18. The summed E-state index contributed by atoms with van der Waals surface area (Å²) in [6.07, 6.45) is 10.5. The fraction of sp³-hybridized carbons (Fsp3) is 0.600. The summed E-state index contributed by atoms with van der Waals surface area (Å²) in [5.74, 6) is 0. The van der Waals surface area contributed by atoms with Gasteiger partial charge in [-0.25, -0.2) is 4.57 Å². The Balaban J connectivity index is 2.36. The molecule has 0 saturated heterocycles. The standard InChI is InChI=1S/C10H15N2/c1-12-7-9-5-3-2-4-6-10(9)11-8-12/h7-8H,2-6H2,1H3/q+1. The molecule has 1 aromatic rings. The molecule has 2 heteroatoms. The highest BCUT2D eigenvalue weighted by Crippen LogP contribution is 2.16. The molecule has 2 rings (SSSR count). The first-order chi connectivity index (χ1) is 5.86. The third kappa shape index (κ3) is 1.47. The van der Waals surface area contributed by atoms with Crippen molar-refractivity contribution in [3.63, 3.8) is 0 Å². The number of rotatable bonds is 0. The highest BCUT2D eigenvalue weighted by Gasteiger charge is 2.13. The molecule has 0 N–H and O–H groups in total. The van der Waals surface area contributed by atoms with Crippen LogP contribution in [-0.4, -0.2) is 4.98 Å². The normalized spacial score (nSPS) is 16.8.